The molecular weight excluding hydrogens is 439 g/mol. The van der Waals surface area contributed by atoms with Crippen molar-refractivity contribution < 1.29 is 4.74 Å². The van der Waals surface area contributed by atoms with Crippen molar-refractivity contribution in [2.75, 3.05) is 46.4 Å². The van der Waals surface area contributed by atoms with Crippen LogP contribution in [0.15, 0.2) is 4.99 Å². The maximum absolute atomic E-state index is 6.11. The highest BCUT2D eigenvalue weighted by Gasteiger charge is 2.35. The van der Waals surface area contributed by atoms with Crippen LogP contribution in [0.2, 0.25) is 0 Å². The van der Waals surface area contributed by atoms with Crippen molar-refractivity contribution in [3.8, 4) is 0 Å². The zero-order valence-corrected chi connectivity index (χ0v) is 19.8. The number of aliphatic imine (C=N–C) groups is 1. The van der Waals surface area contributed by atoms with E-state index >= 15 is 0 Å². The van der Waals surface area contributed by atoms with Gasteiger partial charge in [-0.3, -0.25) is 4.99 Å². The molecule has 0 aliphatic carbocycles. The lowest BCUT2D eigenvalue weighted by Gasteiger charge is -2.40. The summed E-state index contributed by atoms with van der Waals surface area (Å²) in [5, 5.41) is 7.00. The van der Waals surface area contributed by atoms with E-state index in [2.05, 4.69) is 50.3 Å². The molecule has 2 fully saturated rings. The lowest BCUT2D eigenvalue weighted by molar-refractivity contribution is -0.0835. The Morgan fingerprint density at radius 2 is 1.85 bits per heavy atom. The van der Waals surface area contributed by atoms with E-state index in [0.717, 1.165) is 38.1 Å². The topological polar surface area (TPSA) is 48.9 Å². The zero-order chi connectivity index (χ0) is 18.3. The number of halogens is 1. The molecule has 0 radical (unpaired) electrons. The number of likely N-dealkylation sites (tertiary alicyclic amines) is 1. The minimum absolute atomic E-state index is 0. The molecule has 0 bridgehead atoms. The van der Waals surface area contributed by atoms with Gasteiger partial charge in [-0.1, -0.05) is 20.8 Å². The molecule has 0 amide bonds. The van der Waals surface area contributed by atoms with Crippen LogP contribution in [0, 0.1) is 17.3 Å². The number of hydrogen-bond acceptors (Lipinski definition) is 3. The number of ether oxygens (including phenoxy) is 1. The molecule has 6 heteroatoms. The van der Waals surface area contributed by atoms with Crippen molar-refractivity contribution in [3.05, 3.63) is 0 Å². The fraction of sp³-hybridized carbons (Fsp3) is 0.950. The van der Waals surface area contributed by atoms with E-state index in [9.17, 15) is 0 Å². The van der Waals surface area contributed by atoms with Crippen molar-refractivity contribution in [3.63, 3.8) is 0 Å². The second-order valence-electron chi connectivity index (χ2n) is 8.91. The van der Waals surface area contributed by atoms with Crippen LogP contribution in [0.1, 0.15) is 53.4 Å². The summed E-state index contributed by atoms with van der Waals surface area (Å²) in [6.07, 6.45) is 5.26. The second kappa shape index (κ2) is 11.7. The van der Waals surface area contributed by atoms with Gasteiger partial charge in [0.25, 0.3) is 0 Å². The third-order valence-electron chi connectivity index (χ3n) is 5.52. The van der Waals surface area contributed by atoms with Crippen LogP contribution < -0.4 is 10.6 Å². The molecule has 2 heterocycles. The monoisotopic (exact) mass is 480 g/mol. The van der Waals surface area contributed by atoms with Gasteiger partial charge >= 0.3 is 0 Å². The lowest BCUT2D eigenvalue weighted by Crippen LogP contribution is -2.47. The van der Waals surface area contributed by atoms with E-state index in [1.54, 1.807) is 0 Å². The first-order valence-corrected chi connectivity index (χ1v) is 10.2. The standard InChI is InChI=1S/C20H40N4O.HI/c1-6-21-19(22-14-16-9-11-24(5)12-10-16)23-15-17-8-7-13-25-18(17)20(2,3)4;/h16-18H,6-15H2,1-5H3,(H2,21,22,23);1H. The summed E-state index contributed by atoms with van der Waals surface area (Å²) in [7, 11) is 2.21. The average Bonchev–Trinajstić information content (AvgIpc) is 2.58. The summed E-state index contributed by atoms with van der Waals surface area (Å²) in [5.41, 5.74) is 0.191. The Hall–Kier alpha value is -0.0800. The maximum Gasteiger partial charge on any atom is 0.191 e. The van der Waals surface area contributed by atoms with E-state index in [1.165, 1.54) is 38.8 Å². The average molecular weight is 480 g/mol. The first-order valence-electron chi connectivity index (χ1n) is 10.2. The van der Waals surface area contributed by atoms with Gasteiger partial charge in [0.05, 0.1) is 6.10 Å². The van der Waals surface area contributed by atoms with E-state index in [1.807, 2.05) is 0 Å². The van der Waals surface area contributed by atoms with Gasteiger partial charge in [0.2, 0.25) is 0 Å². The molecular formula is C20H41IN4O. The summed E-state index contributed by atoms with van der Waals surface area (Å²) >= 11 is 0. The minimum atomic E-state index is 0. The molecule has 2 unspecified atom stereocenters. The first-order chi connectivity index (χ1) is 11.9. The first kappa shape index (κ1) is 24.0. The van der Waals surface area contributed by atoms with Gasteiger partial charge in [0, 0.05) is 32.2 Å². The van der Waals surface area contributed by atoms with Gasteiger partial charge < -0.3 is 20.3 Å². The summed E-state index contributed by atoms with van der Waals surface area (Å²) in [6, 6.07) is 0. The van der Waals surface area contributed by atoms with Gasteiger partial charge in [0.1, 0.15) is 0 Å². The van der Waals surface area contributed by atoms with Crippen molar-refractivity contribution in [1.29, 1.82) is 0 Å². The Balaban J connectivity index is 0.00000338. The van der Waals surface area contributed by atoms with Crippen molar-refractivity contribution in [2.24, 2.45) is 22.2 Å². The van der Waals surface area contributed by atoms with Crippen LogP contribution in [0.4, 0.5) is 0 Å². The van der Waals surface area contributed by atoms with Gasteiger partial charge in [-0.25, -0.2) is 0 Å². The molecule has 2 N–H and O–H groups in total. The molecule has 2 rings (SSSR count). The van der Waals surface area contributed by atoms with E-state index in [-0.39, 0.29) is 29.4 Å². The molecule has 2 aliphatic heterocycles. The summed E-state index contributed by atoms with van der Waals surface area (Å²) < 4.78 is 6.11. The molecule has 0 aromatic heterocycles. The maximum atomic E-state index is 6.11. The predicted molar refractivity (Wildman–Crippen MR) is 122 cm³/mol. The number of guanidine groups is 1. The smallest absolute Gasteiger partial charge is 0.191 e. The zero-order valence-electron chi connectivity index (χ0n) is 17.5. The number of nitrogens with one attached hydrogen (secondary N) is 2. The third-order valence-corrected chi connectivity index (χ3v) is 5.52. The molecule has 2 atom stereocenters. The molecule has 0 aromatic carbocycles. The molecule has 154 valence electrons. The fourth-order valence-corrected chi connectivity index (χ4v) is 4.04. The van der Waals surface area contributed by atoms with Crippen molar-refractivity contribution in [1.82, 2.24) is 15.5 Å². The Kier molecular flexibility index (Phi) is 10.8. The predicted octanol–water partition coefficient (Wildman–Crippen LogP) is 3.34. The molecule has 0 spiro atoms. The van der Waals surface area contributed by atoms with Crippen LogP contribution >= 0.6 is 24.0 Å². The van der Waals surface area contributed by atoms with Gasteiger partial charge in [-0.15, -0.1) is 24.0 Å². The Bertz CT molecular complexity index is 417. The number of piperidine rings is 1. The van der Waals surface area contributed by atoms with Crippen LogP contribution in [-0.4, -0.2) is 63.3 Å². The second-order valence-corrected chi connectivity index (χ2v) is 8.91. The Labute approximate surface area is 178 Å². The molecule has 5 nitrogen and oxygen atoms in total. The van der Waals surface area contributed by atoms with Crippen molar-refractivity contribution in [2.45, 2.75) is 59.5 Å². The van der Waals surface area contributed by atoms with Crippen LogP contribution in [0.25, 0.3) is 0 Å². The van der Waals surface area contributed by atoms with E-state index < -0.39 is 0 Å². The number of nitrogens with zero attached hydrogens (tertiary/aromatic N) is 2. The quantitative estimate of drug-likeness (QED) is 0.360. The van der Waals surface area contributed by atoms with Crippen LogP contribution in [0.3, 0.4) is 0 Å². The summed E-state index contributed by atoms with van der Waals surface area (Å²) in [4.78, 5) is 7.28. The summed E-state index contributed by atoms with van der Waals surface area (Å²) in [5.74, 6) is 2.26. The highest BCUT2D eigenvalue weighted by atomic mass is 127. The highest BCUT2D eigenvalue weighted by Crippen LogP contribution is 2.33. The lowest BCUT2D eigenvalue weighted by atomic mass is 9.78. The third kappa shape index (κ3) is 7.89. The van der Waals surface area contributed by atoms with Crippen LogP contribution in [-0.2, 0) is 4.74 Å². The molecule has 0 saturated carbocycles. The van der Waals surface area contributed by atoms with Gasteiger partial charge in [-0.05, 0) is 64.1 Å². The molecule has 2 saturated heterocycles. The Morgan fingerprint density at radius 3 is 2.46 bits per heavy atom. The van der Waals surface area contributed by atoms with Crippen LogP contribution in [0.5, 0.6) is 0 Å². The Morgan fingerprint density at radius 1 is 1.15 bits per heavy atom. The van der Waals surface area contributed by atoms with Crippen molar-refractivity contribution >= 4 is 29.9 Å². The highest BCUT2D eigenvalue weighted by molar-refractivity contribution is 14.0. The van der Waals surface area contributed by atoms with Gasteiger partial charge in [0.15, 0.2) is 5.96 Å². The summed E-state index contributed by atoms with van der Waals surface area (Å²) in [6.45, 7) is 15.1. The normalized spacial score (nSPS) is 26.3. The number of hydrogen-bond donors (Lipinski definition) is 2. The minimum Gasteiger partial charge on any atom is -0.377 e. The molecule has 26 heavy (non-hydrogen) atoms. The van der Waals surface area contributed by atoms with E-state index in [4.69, 9.17) is 9.73 Å². The van der Waals surface area contributed by atoms with E-state index in [0.29, 0.717) is 12.0 Å². The SMILES string of the molecule is CCNC(=NCC1CCN(C)CC1)NCC1CCCOC1C(C)(C)C.I. The fourth-order valence-electron chi connectivity index (χ4n) is 4.04. The molecule has 2 aliphatic rings. The van der Waals surface area contributed by atoms with Gasteiger partial charge in [-0.2, -0.15) is 0 Å². The number of rotatable bonds is 5. The molecule has 0 aromatic rings. The largest absolute Gasteiger partial charge is 0.377 e.